The number of unbranched alkanes of at least 4 members (excludes halogenated alkanes) is 1. The summed E-state index contributed by atoms with van der Waals surface area (Å²) in [5.41, 5.74) is 7.15. The monoisotopic (exact) mass is 434 g/mol. The van der Waals surface area contributed by atoms with Gasteiger partial charge in [-0.25, -0.2) is 9.36 Å². The van der Waals surface area contributed by atoms with Gasteiger partial charge in [-0.1, -0.05) is 37.6 Å². The van der Waals surface area contributed by atoms with Crippen LogP contribution in [0.25, 0.3) is 0 Å². The second kappa shape index (κ2) is 8.12. The van der Waals surface area contributed by atoms with Crippen LogP contribution in [0.1, 0.15) is 30.9 Å². The molecule has 27 heavy (non-hydrogen) atoms. The molecule has 0 unspecified atom stereocenters. The Kier molecular flexibility index (Phi) is 5.84. The van der Waals surface area contributed by atoms with Crippen LogP contribution in [0.4, 0.5) is 5.82 Å². The molecule has 0 saturated carbocycles. The van der Waals surface area contributed by atoms with E-state index in [0.29, 0.717) is 19.6 Å². The summed E-state index contributed by atoms with van der Waals surface area (Å²) >= 11 is 3.17. The fourth-order valence-electron chi connectivity index (χ4n) is 3.30. The number of anilines is 1. The van der Waals surface area contributed by atoms with Crippen LogP contribution in [0.3, 0.4) is 0 Å². The molecule has 2 aromatic rings. The fraction of sp³-hybridized carbons (Fsp3) is 0.421. The zero-order valence-electron chi connectivity index (χ0n) is 15.3. The summed E-state index contributed by atoms with van der Waals surface area (Å²) in [5, 5.41) is 0. The van der Waals surface area contributed by atoms with Crippen molar-refractivity contribution in [1.82, 2.24) is 14.0 Å². The zero-order valence-corrected chi connectivity index (χ0v) is 16.9. The first-order valence-corrected chi connectivity index (χ1v) is 9.86. The predicted molar refractivity (Wildman–Crippen MR) is 108 cm³/mol. The van der Waals surface area contributed by atoms with Crippen molar-refractivity contribution in [2.24, 2.45) is 0 Å². The molecule has 0 bridgehead atoms. The van der Waals surface area contributed by atoms with Gasteiger partial charge < -0.3 is 10.6 Å². The minimum Gasteiger partial charge on any atom is -0.384 e. The van der Waals surface area contributed by atoms with Gasteiger partial charge in [-0.2, -0.15) is 0 Å². The lowest BCUT2D eigenvalue weighted by Gasteiger charge is -2.29. The van der Waals surface area contributed by atoms with Crippen molar-refractivity contribution in [2.75, 3.05) is 12.3 Å². The number of hydrogen-bond donors (Lipinski definition) is 1. The first-order valence-electron chi connectivity index (χ1n) is 9.07. The predicted octanol–water partition coefficient (Wildman–Crippen LogP) is 1.74. The number of carbonyl (C=O) groups excluding carboxylic acids is 1. The molecule has 1 amide bonds. The highest BCUT2D eigenvalue weighted by Crippen LogP contribution is 2.19. The third kappa shape index (κ3) is 3.85. The molecule has 0 spiro atoms. The standard InChI is InChI=1S/C19H23BrN4O3/c1-2-3-9-23-17(21)16(20)18(26)24(19(23)27)12-15(25)22-10-8-13-6-4-5-7-14(13)11-22/h4-7H,2-3,8-12,21H2,1H3. The van der Waals surface area contributed by atoms with E-state index >= 15 is 0 Å². The molecule has 0 saturated heterocycles. The van der Waals surface area contributed by atoms with E-state index in [-0.39, 0.29) is 22.7 Å². The lowest BCUT2D eigenvalue weighted by atomic mass is 10.00. The Morgan fingerprint density at radius 3 is 2.59 bits per heavy atom. The van der Waals surface area contributed by atoms with Crippen molar-refractivity contribution < 1.29 is 4.79 Å². The number of nitrogens with two attached hydrogens (primary N) is 1. The van der Waals surface area contributed by atoms with E-state index in [9.17, 15) is 14.4 Å². The fourth-order valence-corrected chi connectivity index (χ4v) is 3.73. The van der Waals surface area contributed by atoms with Crippen LogP contribution >= 0.6 is 15.9 Å². The molecule has 1 aromatic carbocycles. The van der Waals surface area contributed by atoms with Crippen LogP contribution in [0.2, 0.25) is 0 Å². The molecular formula is C19H23BrN4O3. The second-order valence-corrected chi connectivity index (χ2v) is 7.51. The van der Waals surface area contributed by atoms with E-state index in [4.69, 9.17) is 5.73 Å². The summed E-state index contributed by atoms with van der Waals surface area (Å²) in [6.45, 7) is 3.19. The van der Waals surface area contributed by atoms with Gasteiger partial charge in [0.05, 0.1) is 0 Å². The summed E-state index contributed by atoms with van der Waals surface area (Å²) in [5.74, 6) is -0.142. The van der Waals surface area contributed by atoms with Gasteiger partial charge >= 0.3 is 5.69 Å². The maximum Gasteiger partial charge on any atom is 0.333 e. The van der Waals surface area contributed by atoms with Gasteiger partial charge in [0.2, 0.25) is 5.91 Å². The molecule has 7 nitrogen and oxygen atoms in total. The normalized spacial score (nSPS) is 13.5. The Morgan fingerprint density at radius 1 is 1.19 bits per heavy atom. The van der Waals surface area contributed by atoms with Crippen LogP contribution in [0.5, 0.6) is 0 Å². The van der Waals surface area contributed by atoms with Gasteiger partial charge in [-0.3, -0.25) is 14.2 Å². The Labute approximate surface area is 165 Å². The highest BCUT2D eigenvalue weighted by Gasteiger charge is 2.23. The van der Waals surface area contributed by atoms with Crippen molar-refractivity contribution in [3.8, 4) is 0 Å². The highest BCUT2D eigenvalue weighted by molar-refractivity contribution is 9.10. The van der Waals surface area contributed by atoms with Crippen LogP contribution in [-0.2, 0) is 30.8 Å². The molecule has 1 aromatic heterocycles. The number of fused-ring (bicyclic) bond motifs is 1. The molecule has 2 heterocycles. The van der Waals surface area contributed by atoms with E-state index in [1.165, 1.54) is 10.1 Å². The third-order valence-corrected chi connectivity index (χ3v) is 5.67. The Bertz CT molecular complexity index is 980. The summed E-state index contributed by atoms with van der Waals surface area (Å²) < 4.78 is 2.45. The molecule has 0 atom stereocenters. The van der Waals surface area contributed by atoms with E-state index < -0.39 is 11.2 Å². The van der Waals surface area contributed by atoms with E-state index in [0.717, 1.165) is 29.4 Å². The molecule has 8 heteroatoms. The minimum absolute atomic E-state index is 0.106. The number of carbonyl (C=O) groups is 1. The lowest BCUT2D eigenvalue weighted by Crippen LogP contribution is -2.46. The Hall–Kier alpha value is -2.35. The number of halogens is 1. The van der Waals surface area contributed by atoms with Crippen molar-refractivity contribution in [1.29, 1.82) is 0 Å². The van der Waals surface area contributed by atoms with Crippen LogP contribution in [-0.4, -0.2) is 26.5 Å². The van der Waals surface area contributed by atoms with Gasteiger partial charge in [0.15, 0.2) is 0 Å². The van der Waals surface area contributed by atoms with Gasteiger partial charge in [-0.15, -0.1) is 0 Å². The molecule has 2 N–H and O–H groups in total. The quantitative estimate of drug-likeness (QED) is 0.775. The van der Waals surface area contributed by atoms with Crippen LogP contribution in [0.15, 0.2) is 38.3 Å². The largest absolute Gasteiger partial charge is 0.384 e. The Morgan fingerprint density at radius 2 is 1.89 bits per heavy atom. The first kappa shape index (κ1) is 19.4. The second-order valence-electron chi connectivity index (χ2n) is 6.71. The van der Waals surface area contributed by atoms with Gasteiger partial charge in [0.25, 0.3) is 5.56 Å². The molecule has 1 aliphatic rings. The third-order valence-electron chi connectivity index (χ3n) is 4.92. The van der Waals surface area contributed by atoms with E-state index in [1.807, 2.05) is 25.1 Å². The highest BCUT2D eigenvalue weighted by atomic mass is 79.9. The molecule has 0 aliphatic carbocycles. The first-order chi connectivity index (χ1) is 12.9. The summed E-state index contributed by atoms with van der Waals surface area (Å²) in [6, 6.07) is 7.99. The smallest absolute Gasteiger partial charge is 0.333 e. The molecule has 3 rings (SSSR count). The van der Waals surface area contributed by atoms with Gasteiger partial charge in [0, 0.05) is 19.6 Å². The number of amides is 1. The molecule has 0 radical (unpaired) electrons. The molecule has 0 fully saturated rings. The number of benzene rings is 1. The maximum absolute atomic E-state index is 12.8. The maximum atomic E-state index is 12.8. The number of rotatable bonds is 5. The number of nitrogen functional groups attached to an aromatic ring is 1. The lowest BCUT2D eigenvalue weighted by molar-refractivity contribution is -0.132. The van der Waals surface area contributed by atoms with Crippen LogP contribution in [0, 0.1) is 0 Å². The van der Waals surface area contributed by atoms with E-state index in [1.54, 1.807) is 4.90 Å². The topological polar surface area (TPSA) is 90.3 Å². The SMILES string of the molecule is CCCCn1c(N)c(Br)c(=O)n(CC(=O)N2CCc3ccccc3C2)c1=O. The minimum atomic E-state index is -0.573. The summed E-state index contributed by atoms with van der Waals surface area (Å²) in [4.78, 5) is 39.7. The average molecular weight is 435 g/mol. The van der Waals surface area contributed by atoms with Crippen molar-refractivity contribution >= 4 is 27.7 Å². The summed E-state index contributed by atoms with van der Waals surface area (Å²) in [7, 11) is 0. The number of nitrogens with zero attached hydrogens (tertiary/aromatic N) is 3. The van der Waals surface area contributed by atoms with Crippen molar-refractivity contribution in [3.05, 3.63) is 60.7 Å². The summed E-state index contributed by atoms with van der Waals surface area (Å²) in [6.07, 6.45) is 2.41. The zero-order chi connectivity index (χ0) is 19.6. The molecule has 144 valence electrons. The van der Waals surface area contributed by atoms with Gasteiger partial charge in [-0.05, 0) is 39.9 Å². The van der Waals surface area contributed by atoms with Crippen molar-refractivity contribution in [3.63, 3.8) is 0 Å². The average Bonchev–Trinajstić information content (AvgIpc) is 2.69. The van der Waals surface area contributed by atoms with Crippen LogP contribution < -0.4 is 17.0 Å². The number of aromatic nitrogens is 2. The van der Waals surface area contributed by atoms with Crippen molar-refractivity contribution in [2.45, 2.75) is 45.8 Å². The number of hydrogen-bond acceptors (Lipinski definition) is 4. The molecular weight excluding hydrogens is 412 g/mol. The molecule has 1 aliphatic heterocycles. The van der Waals surface area contributed by atoms with Gasteiger partial charge in [0.1, 0.15) is 16.8 Å². The van der Waals surface area contributed by atoms with E-state index in [2.05, 4.69) is 22.0 Å². The Balaban J connectivity index is 1.87.